The number of carboxylic acids is 1. The number of anilines is 1. The fraction of sp³-hybridized carbons (Fsp3) is 0.296. The zero-order valence-electron chi connectivity index (χ0n) is 20.4. The average molecular weight is 533 g/mol. The van der Waals surface area contributed by atoms with Gasteiger partial charge in [-0.15, -0.1) is 0 Å². The Balaban J connectivity index is 1.92. The van der Waals surface area contributed by atoms with E-state index in [4.69, 9.17) is 11.6 Å². The lowest BCUT2D eigenvalue weighted by Gasteiger charge is -2.21. The van der Waals surface area contributed by atoms with Crippen LogP contribution in [-0.4, -0.2) is 26.0 Å². The lowest BCUT2D eigenvalue weighted by atomic mass is 9.95. The molecule has 3 aromatic carbocycles. The van der Waals surface area contributed by atoms with Crippen LogP contribution in [0.1, 0.15) is 66.1 Å². The maximum atomic E-state index is 13.4. The van der Waals surface area contributed by atoms with Gasteiger partial charge in [0.25, 0.3) is 0 Å². The maximum absolute atomic E-state index is 13.4. The summed E-state index contributed by atoms with van der Waals surface area (Å²) in [5.74, 6) is -1.88. The second-order valence-corrected chi connectivity index (χ2v) is 11.0. The molecular weight excluding hydrogens is 503 g/mol. The predicted octanol–water partition coefficient (Wildman–Crippen LogP) is 6.38. The molecule has 1 atom stereocenters. The van der Waals surface area contributed by atoms with Gasteiger partial charge in [0.05, 0.1) is 15.5 Å². The number of nitrogens with one attached hydrogen (secondary N) is 2. The zero-order chi connectivity index (χ0) is 26.5. The minimum Gasteiger partial charge on any atom is -0.478 e. The Morgan fingerprint density at radius 1 is 1.08 bits per heavy atom. The summed E-state index contributed by atoms with van der Waals surface area (Å²) in [6, 6.07) is 16.7. The molecule has 0 saturated heterocycles. The van der Waals surface area contributed by atoms with E-state index in [0.717, 1.165) is 18.1 Å². The van der Waals surface area contributed by atoms with E-state index in [2.05, 4.69) is 17.0 Å². The third kappa shape index (κ3) is 6.63. The van der Waals surface area contributed by atoms with Gasteiger partial charge in [-0.2, -0.15) is 0 Å². The first-order valence-electron chi connectivity index (χ1n) is 11.7. The van der Waals surface area contributed by atoms with Crippen molar-refractivity contribution in [2.24, 2.45) is 0 Å². The van der Waals surface area contributed by atoms with Crippen LogP contribution in [0.2, 0.25) is 5.02 Å². The molecule has 9 heteroatoms. The number of rotatable bonds is 11. The SMILES string of the molecule is CCC(CNc1cc(C(C)C)c(S(=O)(=O)NCc2ccc(F)c(Cl)c2)cc1C(=O)O)c1ccccc1. The summed E-state index contributed by atoms with van der Waals surface area (Å²) < 4.78 is 42.4. The van der Waals surface area contributed by atoms with Gasteiger partial charge in [-0.05, 0) is 53.3 Å². The van der Waals surface area contributed by atoms with Crippen LogP contribution in [0.3, 0.4) is 0 Å². The molecule has 3 aromatic rings. The largest absolute Gasteiger partial charge is 0.478 e. The first-order chi connectivity index (χ1) is 17.0. The Morgan fingerprint density at radius 3 is 2.36 bits per heavy atom. The van der Waals surface area contributed by atoms with E-state index >= 15 is 0 Å². The number of sulfonamides is 1. The number of hydrogen-bond acceptors (Lipinski definition) is 4. The molecule has 0 aliphatic heterocycles. The molecule has 0 amide bonds. The second-order valence-electron chi connectivity index (χ2n) is 8.87. The highest BCUT2D eigenvalue weighted by Gasteiger charge is 2.25. The van der Waals surface area contributed by atoms with Crippen LogP contribution < -0.4 is 10.0 Å². The predicted molar refractivity (Wildman–Crippen MR) is 141 cm³/mol. The van der Waals surface area contributed by atoms with E-state index in [-0.39, 0.29) is 33.9 Å². The van der Waals surface area contributed by atoms with E-state index in [1.165, 1.54) is 18.2 Å². The van der Waals surface area contributed by atoms with Crippen LogP contribution in [-0.2, 0) is 16.6 Å². The van der Waals surface area contributed by atoms with Gasteiger partial charge in [0.1, 0.15) is 5.82 Å². The topological polar surface area (TPSA) is 95.5 Å². The number of halogens is 2. The molecule has 36 heavy (non-hydrogen) atoms. The first kappa shape index (κ1) is 27.6. The minimum absolute atomic E-state index is 0.108. The van der Waals surface area contributed by atoms with E-state index in [9.17, 15) is 22.7 Å². The minimum atomic E-state index is -4.09. The van der Waals surface area contributed by atoms with Crippen LogP contribution in [0, 0.1) is 5.82 Å². The molecule has 0 bridgehead atoms. The third-order valence-corrected chi connectivity index (χ3v) is 7.79. The van der Waals surface area contributed by atoms with E-state index in [0.29, 0.717) is 23.4 Å². The summed E-state index contributed by atoms with van der Waals surface area (Å²) in [6.45, 7) is 6.12. The van der Waals surface area contributed by atoms with E-state index in [1.807, 2.05) is 44.2 Å². The van der Waals surface area contributed by atoms with Gasteiger partial charge >= 0.3 is 5.97 Å². The first-order valence-corrected chi connectivity index (χ1v) is 13.5. The van der Waals surface area contributed by atoms with Gasteiger partial charge in [0.15, 0.2) is 0 Å². The molecular formula is C27H30ClFN2O4S. The summed E-state index contributed by atoms with van der Waals surface area (Å²) in [7, 11) is -4.09. The van der Waals surface area contributed by atoms with Crippen molar-refractivity contribution in [1.82, 2.24) is 4.72 Å². The molecule has 0 saturated carbocycles. The molecule has 0 radical (unpaired) electrons. The fourth-order valence-corrected chi connectivity index (χ4v) is 5.56. The van der Waals surface area contributed by atoms with Crippen molar-refractivity contribution < 1.29 is 22.7 Å². The Hall–Kier alpha value is -2.94. The normalized spacial score (nSPS) is 12.5. The standard InChI is InChI=1S/C27H30ClFN2O4S/c1-4-19(20-8-6-5-7-9-20)16-30-25-13-21(17(2)3)26(14-22(25)27(32)33)36(34,35)31-15-18-10-11-24(29)23(28)12-18/h5-14,17,19,30-31H,4,15-16H2,1-3H3,(H,32,33). The van der Waals surface area contributed by atoms with Crippen molar-refractivity contribution in [3.63, 3.8) is 0 Å². The van der Waals surface area contributed by atoms with Gasteiger partial charge < -0.3 is 10.4 Å². The summed E-state index contributed by atoms with van der Waals surface area (Å²) >= 11 is 5.80. The molecule has 3 N–H and O–H groups in total. The van der Waals surface area contributed by atoms with Crippen LogP contribution >= 0.6 is 11.6 Å². The number of aromatic carboxylic acids is 1. The summed E-state index contributed by atoms with van der Waals surface area (Å²) in [5.41, 5.74) is 2.33. The van der Waals surface area contributed by atoms with Gasteiger partial charge in [-0.3, -0.25) is 0 Å². The Bertz CT molecular complexity index is 1330. The van der Waals surface area contributed by atoms with Gasteiger partial charge in [-0.1, -0.05) is 68.8 Å². The lowest BCUT2D eigenvalue weighted by molar-refractivity contribution is 0.0697. The van der Waals surface area contributed by atoms with Gasteiger partial charge in [0.2, 0.25) is 10.0 Å². The van der Waals surface area contributed by atoms with Crippen LogP contribution in [0.25, 0.3) is 0 Å². The molecule has 0 heterocycles. The van der Waals surface area contributed by atoms with Crippen LogP contribution in [0.5, 0.6) is 0 Å². The smallest absolute Gasteiger partial charge is 0.337 e. The molecule has 1 unspecified atom stereocenters. The lowest BCUT2D eigenvalue weighted by Crippen LogP contribution is -2.25. The van der Waals surface area contributed by atoms with Crippen molar-refractivity contribution in [2.45, 2.75) is 50.5 Å². The van der Waals surface area contributed by atoms with Crippen molar-refractivity contribution in [1.29, 1.82) is 0 Å². The molecule has 0 aromatic heterocycles. The highest BCUT2D eigenvalue weighted by molar-refractivity contribution is 7.89. The monoisotopic (exact) mass is 532 g/mol. The van der Waals surface area contributed by atoms with Gasteiger partial charge in [-0.25, -0.2) is 22.3 Å². The molecule has 192 valence electrons. The van der Waals surface area contributed by atoms with Crippen molar-refractivity contribution in [3.05, 3.63) is 93.8 Å². The Labute approximate surface area is 216 Å². The van der Waals surface area contributed by atoms with Gasteiger partial charge in [0, 0.05) is 24.7 Å². The number of carbonyl (C=O) groups is 1. The highest BCUT2D eigenvalue weighted by atomic mass is 35.5. The molecule has 0 aliphatic carbocycles. The van der Waals surface area contributed by atoms with Crippen molar-refractivity contribution >= 4 is 33.3 Å². The molecule has 3 rings (SSSR count). The highest BCUT2D eigenvalue weighted by Crippen LogP contribution is 2.31. The fourth-order valence-electron chi connectivity index (χ4n) is 3.97. The quantitative estimate of drug-likeness (QED) is 0.266. The van der Waals surface area contributed by atoms with Crippen molar-refractivity contribution in [2.75, 3.05) is 11.9 Å². The zero-order valence-corrected chi connectivity index (χ0v) is 22.0. The van der Waals surface area contributed by atoms with Crippen LogP contribution in [0.4, 0.5) is 10.1 Å². The Kier molecular flexibility index (Phi) is 9.11. The number of carboxylic acid groups (broad SMARTS) is 1. The number of benzene rings is 3. The molecule has 0 fully saturated rings. The average Bonchev–Trinajstić information content (AvgIpc) is 2.85. The molecule has 0 aliphatic rings. The third-order valence-electron chi connectivity index (χ3n) is 6.04. The van der Waals surface area contributed by atoms with Crippen molar-refractivity contribution in [3.8, 4) is 0 Å². The number of hydrogen-bond donors (Lipinski definition) is 3. The van der Waals surface area contributed by atoms with E-state index < -0.39 is 21.8 Å². The summed E-state index contributed by atoms with van der Waals surface area (Å²) in [5, 5.41) is 13.0. The molecule has 0 spiro atoms. The summed E-state index contributed by atoms with van der Waals surface area (Å²) in [6.07, 6.45) is 0.847. The molecule has 6 nitrogen and oxygen atoms in total. The summed E-state index contributed by atoms with van der Waals surface area (Å²) in [4.78, 5) is 12.0. The van der Waals surface area contributed by atoms with E-state index in [1.54, 1.807) is 6.07 Å². The second kappa shape index (κ2) is 11.9. The Morgan fingerprint density at radius 2 is 1.78 bits per heavy atom. The van der Waals surface area contributed by atoms with Crippen LogP contribution in [0.15, 0.2) is 65.6 Å². The maximum Gasteiger partial charge on any atom is 0.337 e.